The molecule has 0 unspecified atom stereocenters. The van der Waals surface area contributed by atoms with Crippen LogP contribution in [0.2, 0.25) is 0 Å². The number of hydrogen-bond acceptors (Lipinski definition) is 7. The van der Waals surface area contributed by atoms with Crippen molar-refractivity contribution in [2.45, 2.75) is 6.61 Å². The molecule has 4 rings (SSSR count). The van der Waals surface area contributed by atoms with Crippen molar-refractivity contribution in [3.63, 3.8) is 0 Å². The number of nitrogens with zero attached hydrogens (tertiary/aromatic N) is 2. The Labute approximate surface area is 213 Å². The van der Waals surface area contributed by atoms with E-state index in [1.807, 2.05) is 30.3 Å². The van der Waals surface area contributed by atoms with Crippen LogP contribution in [-0.4, -0.2) is 29.9 Å². The standard InChI is InChI=1S/C25H18BrN3O7/c1-35-21-11-16(20(29(33)34)13-22(21)36-14-15-6-3-2-4-7-15)10-19-23(30)27-25(32)28(24(19)31)18-9-5-8-17(26)12-18/h2-13H,14H2,1H3,(H,27,30,32)/b19-10-. The normalized spacial score (nSPS) is 14.6. The molecule has 3 aromatic carbocycles. The summed E-state index contributed by atoms with van der Waals surface area (Å²) in [4.78, 5) is 50.1. The van der Waals surface area contributed by atoms with Crippen LogP contribution in [0, 0.1) is 10.1 Å². The number of rotatable bonds is 7. The lowest BCUT2D eigenvalue weighted by atomic mass is 10.0. The number of nitro groups is 1. The van der Waals surface area contributed by atoms with E-state index in [1.54, 1.807) is 12.1 Å². The van der Waals surface area contributed by atoms with Gasteiger partial charge in [-0.15, -0.1) is 0 Å². The lowest BCUT2D eigenvalue weighted by Crippen LogP contribution is -2.54. The number of amides is 4. The first-order chi connectivity index (χ1) is 17.3. The van der Waals surface area contributed by atoms with Gasteiger partial charge in [0.2, 0.25) is 0 Å². The van der Waals surface area contributed by atoms with Crippen LogP contribution < -0.4 is 19.7 Å². The molecule has 1 aliphatic rings. The fourth-order valence-corrected chi connectivity index (χ4v) is 3.90. The number of methoxy groups -OCH3 is 1. The van der Waals surface area contributed by atoms with Gasteiger partial charge in [-0.3, -0.25) is 25.0 Å². The molecular weight excluding hydrogens is 534 g/mol. The number of hydrogen-bond donors (Lipinski definition) is 1. The van der Waals surface area contributed by atoms with Crippen LogP contribution in [0.1, 0.15) is 11.1 Å². The van der Waals surface area contributed by atoms with E-state index in [4.69, 9.17) is 9.47 Å². The topological polar surface area (TPSA) is 128 Å². The lowest BCUT2D eigenvalue weighted by Gasteiger charge is -2.26. The van der Waals surface area contributed by atoms with Crippen LogP contribution in [0.5, 0.6) is 11.5 Å². The molecule has 11 heteroatoms. The predicted molar refractivity (Wildman–Crippen MR) is 134 cm³/mol. The summed E-state index contributed by atoms with van der Waals surface area (Å²) in [5, 5.41) is 13.9. The third-order valence-electron chi connectivity index (χ3n) is 5.21. The Kier molecular flexibility index (Phi) is 7.11. The first-order valence-corrected chi connectivity index (χ1v) is 11.3. The van der Waals surface area contributed by atoms with E-state index in [-0.39, 0.29) is 29.4 Å². The minimum Gasteiger partial charge on any atom is -0.493 e. The third-order valence-corrected chi connectivity index (χ3v) is 5.71. The second-order valence-corrected chi connectivity index (χ2v) is 8.45. The zero-order chi connectivity index (χ0) is 25.8. The van der Waals surface area contributed by atoms with Crippen molar-refractivity contribution >= 4 is 51.2 Å². The van der Waals surface area contributed by atoms with Crippen LogP contribution in [0.3, 0.4) is 0 Å². The Morgan fingerprint density at radius 1 is 1.03 bits per heavy atom. The minimum absolute atomic E-state index is 0.0778. The second kappa shape index (κ2) is 10.4. The van der Waals surface area contributed by atoms with Crippen LogP contribution in [-0.2, 0) is 16.2 Å². The molecule has 0 radical (unpaired) electrons. The Bertz CT molecular complexity index is 1410. The zero-order valence-electron chi connectivity index (χ0n) is 18.8. The number of barbiturate groups is 1. The Morgan fingerprint density at radius 3 is 2.44 bits per heavy atom. The molecule has 0 aromatic heterocycles. The average molecular weight is 552 g/mol. The molecule has 0 spiro atoms. The van der Waals surface area contributed by atoms with Gasteiger partial charge in [-0.25, -0.2) is 9.69 Å². The fourth-order valence-electron chi connectivity index (χ4n) is 3.51. The van der Waals surface area contributed by atoms with Gasteiger partial charge >= 0.3 is 6.03 Å². The summed E-state index contributed by atoms with van der Waals surface area (Å²) < 4.78 is 11.7. The van der Waals surface area contributed by atoms with Crippen molar-refractivity contribution in [2.24, 2.45) is 0 Å². The Hall–Kier alpha value is -4.51. The fraction of sp³-hybridized carbons (Fsp3) is 0.0800. The maximum absolute atomic E-state index is 13.2. The average Bonchev–Trinajstić information content (AvgIpc) is 2.85. The van der Waals surface area contributed by atoms with E-state index in [1.165, 1.54) is 25.3 Å². The van der Waals surface area contributed by atoms with E-state index in [0.717, 1.165) is 22.6 Å². The maximum Gasteiger partial charge on any atom is 0.335 e. The quantitative estimate of drug-likeness (QED) is 0.196. The highest BCUT2D eigenvalue weighted by Gasteiger charge is 2.37. The molecule has 0 bridgehead atoms. The molecule has 1 fully saturated rings. The number of benzene rings is 3. The number of nitrogens with one attached hydrogen (secondary N) is 1. The SMILES string of the molecule is COc1cc(/C=C2/C(=O)NC(=O)N(c3cccc(Br)c3)C2=O)c([N+](=O)[O-])cc1OCc1ccccc1. The summed E-state index contributed by atoms with van der Waals surface area (Å²) in [7, 11) is 1.36. The van der Waals surface area contributed by atoms with Crippen molar-refractivity contribution in [3.8, 4) is 11.5 Å². The first-order valence-electron chi connectivity index (χ1n) is 10.5. The van der Waals surface area contributed by atoms with E-state index in [2.05, 4.69) is 21.2 Å². The monoisotopic (exact) mass is 551 g/mol. The molecule has 0 aliphatic carbocycles. The van der Waals surface area contributed by atoms with Crippen molar-refractivity contribution in [1.82, 2.24) is 5.32 Å². The van der Waals surface area contributed by atoms with Crippen molar-refractivity contribution < 1.29 is 28.8 Å². The first kappa shape index (κ1) is 24.6. The van der Waals surface area contributed by atoms with Crippen molar-refractivity contribution in [3.05, 3.63) is 98.0 Å². The summed E-state index contributed by atoms with van der Waals surface area (Å²) in [5.74, 6) is -1.64. The van der Waals surface area contributed by atoms with E-state index in [9.17, 15) is 24.5 Å². The summed E-state index contributed by atoms with van der Waals surface area (Å²) in [6.45, 7) is 0.138. The number of halogens is 1. The number of urea groups is 1. The Morgan fingerprint density at radius 2 is 1.78 bits per heavy atom. The van der Waals surface area contributed by atoms with E-state index < -0.39 is 34.0 Å². The molecular formula is C25H18BrN3O7. The van der Waals surface area contributed by atoms with Gasteiger partial charge in [0.05, 0.1) is 29.4 Å². The molecule has 0 saturated carbocycles. The predicted octanol–water partition coefficient (Wildman–Crippen LogP) is 4.61. The molecule has 0 atom stereocenters. The highest BCUT2D eigenvalue weighted by Crippen LogP contribution is 2.37. The Balaban J connectivity index is 1.73. The van der Waals surface area contributed by atoms with Crippen LogP contribution in [0.15, 0.2) is 76.8 Å². The molecule has 1 aliphatic heterocycles. The minimum atomic E-state index is -0.978. The molecule has 3 aromatic rings. The van der Waals surface area contributed by atoms with Crippen LogP contribution in [0.4, 0.5) is 16.2 Å². The molecule has 1 N–H and O–H groups in total. The number of ether oxygens (including phenoxy) is 2. The highest BCUT2D eigenvalue weighted by molar-refractivity contribution is 9.10. The lowest BCUT2D eigenvalue weighted by molar-refractivity contribution is -0.385. The summed E-state index contributed by atoms with van der Waals surface area (Å²) in [6.07, 6.45) is 1.05. The summed E-state index contributed by atoms with van der Waals surface area (Å²) in [5.41, 5.74) is 0.0960. The number of imide groups is 2. The van der Waals surface area contributed by atoms with Crippen molar-refractivity contribution in [1.29, 1.82) is 0 Å². The van der Waals surface area contributed by atoms with Gasteiger partial charge < -0.3 is 9.47 Å². The smallest absolute Gasteiger partial charge is 0.335 e. The second-order valence-electron chi connectivity index (χ2n) is 7.53. The van der Waals surface area contributed by atoms with Gasteiger partial charge in [-0.1, -0.05) is 52.3 Å². The zero-order valence-corrected chi connectivity index (χ0v) is 20.4. The molecule has 182 valence electrons. The number of carbonyl (C=O) groups is 3. The molecule has 1 heterocycles. The van der Waals surface area contributed by atoms with Gasteiger partial charge in [0.1, 0.15) is 12.2 Å². The van der Waals surface area contributed by atoms with Gasteiger partial charge in [0.25, 0.3) is 17.5 Å². The van der Waals surface area contributed by atoms with Crippen LogP contribution in [0.25, 0.3) is 6.08 Å². The van der Waals surface area contributed by atoms with Gasteiger partial charge in [0, 0.05) is 4.47 Å². The molecule has 10 nitrogen and oxygen atoms in total. The maximum atomic E-state index is 13.2. The highest BCUT2D eigenvalue weighted by atomic mass is 79.9. The summed E-state index contributed by atoms with van der Waals surface area (Å²) in [6, 6.07) is 17.1. The largest absolute Gasteiger partial charge is 0.493 e. The molecule has 36 heavy (non-hydrogen) atoms. The third kappa shape index (κ3) is 5.10. The van der Waals surface area contributed by atoms with Gasteiger partial charge in [-0.05, 0) is 35.9 Å². The van der Waals surface area contributed by atoms with Crippen molar-refractivity contribution in [2.75, 3.05) is 12.0 Å². The summed E-state index contributed by atoms with van der Waals surface area (Å²) >= 11 is 3.27. The van der Waals surface area contributed by atoms with E-state index >= 15 is 0 Å². The number of nitro benzene ring substituents is 1. The number of anilines is 1. The molecule has 4 amide bonds. The van der Waals surface area contributed by atoms with Crippen LogP contribution >= 0.6 is 15.9 Å². The van der Waals surface area contributed by atoms with Gasteiger partial charge in [-0.2, -0.15) is 0 Å². The van der Waals surface area contributed by atoms with E-state index in [0.29, 0.717) is 4.47 Å². The number of carbonyl (C=O) groups excluding carboxylic acids is 3. The van der Waals surface area contributed by atoms with Gasteiger partial charge in [0.15, 0.2) is 11.5 Å². The molecule has 1 saturated heterocycles.